The molecule has 6 heteroatoms. The predicted octanol–water partition coefficient (Wildman–Crippen LogP) is 1.42. The van der Waals surface area contributed by atoms with Crippen molar-refractivity contribution in [2.75, 3.05) is 0 Å². The molecule has 16 heavy (non-hydrogen) atoms. The number of aryl methyl sites for hydroxylation is 3. The number of nitriles is 1. The van der Waals surface area contributed by atoms with Crippen LogP contribution < -0.4 is 4.74 Å². The Bertz CT molecular complexity index is 560. The van der Waals surface area contributed by atoms with Crippen molar-refractivity contribution >= 4 is 0 Å². The van der Waals surface area contributed by atoms with E-state index >= 15 is 0 Å². The van der Waals surface area contributed by atoms with Gasteiger partial charge < -0.3 is 4.74 Å². The van der Waals surface area contributed by atoms with Crippen molar-refractivity contribution in [1.82, 2.24) is 20.0 Å². The van der Waals surface area contributed by atoms with Gasteiger partial charge in [0, 0.05) is 18.8 Å². The Morgan fingerprint density at radius 2 is 2.25 bits per heavy atom. The fourth-order valence-electron chi connectivity index (χ4n) is 1.43. The highest BCUT2D eigenvalue weighted by Crippen LogP contribution is 2.25. The van der Waals surface area contributed by atoms with E-state index in [-0.39, 0.29) is 0 Å². The van der Waals surface area contributed by atoms with Gasteiger partial charge in [0.2, 0.25) is 11.8 Å². The van der Waals surface area contributed by atoms with Crippen LogP contribution in [0, 0.1) is 25.2 Å². The molecule has 1 N–H and O–H groups in total. The Balaban J connectivity index is 2.38. The third-order valence-electron chi connectivity index (χ3n) is 2.17. The number of nitrogens with one attached hydrogen (secondary N) is 1. The summed E-state index contributed by atoms with van der Waals surface area (Å²) in [6, 6.07) is 3.82. The number of ether oxygens (including phenoxy) is 1. The largest absolute Gasteiger partial charge is 0.418 e. The summed E-state index contributed by atoms with van der Waals surface area (Å²) in [6.07, 6.45) is 0. The van der Waals surface area contributed by atoms with Crippen molar-refractivity contribution in [2.24, 2.45) is 7.05 Å². The summed E-state index contributed by atoms with van der Waals surface area (Å²) < 4.78 is 7.03. The molecule has 0 bridgehead atoms. The molecule has 0 amide bonds. The summed E-state index contributed by atoms with van der Waals surface area (Å²) in [7, 11) is 1.72. The van der Waals surface area contributed by atoms with Crippen LogP contribution >= 0.6 is 0 Å². The molecule has 0 aliphatic carbocycles. The first kappa shape index (κ1) is 10.2. The minimum absolute atomic E-state index is 0.409. The lowest BCUT2D eigenvalue weighted by atomic mass is 10.3. The van der Waals surface area contributed by atoms with E-state index in [1.54, 1.807) is 20.0 Å². The zero-order chi connectivity index (χ0) is 11.7. The Labute approximate surface area is 92.5 Å². The highest BCUT2D eigenvalue weighted by Gasteiger charge is 2.15. The van der Waals surface area contributed by atoms with Crippen molar-refractivity contribution in [2.45, 2.75) is 13.8 Å². The van der Waals surface area contributed by atoms with Crippen LogP contribution in [0.5, 0.6) is 11.8 Å². The van der Waals surface area contributed by atoms with Crippen molar-refractivity contribution in [3.63, 3.8) is 0 Å². The molecule has 2 aromatic rings. The summed E-state index contributed by atoms with van der Waals surface area (Å²) in [4.78, 5) is 0. The maximum absolute atomic E-state index is 8.98. The summed E-state index contributed by atoms with van der Waals surface area (Å²) in [5.74, 6) is 0.837. The van der Waals surface area contributed by atoms with E-state index in [0.29, 0.717) is 23.0 Å². The molecule has 6 nitrogen and oxygen atoms in total. The van der Waals surface area contributed by atoms with Crippen LogP contribution in [0.15, 0.2) is 6.07 Å². The molecule has 2 heterocycles. The molecular weight excluding hydrogens is 206 g/mol. The van der Waals surface area contributed by atoms with Crippen molar-refractivity contribution < 1.29 is 4.74 Å². The summed E-state index contributed by atoms with van der Waals surface area (Å²) in [6.45, 7) is 3.64. The Morgan fingerprint density at radius 3 is 2.81 bits per heavy atom. The van der Waals surface area contributed by atoms with Gasteiger partial charge in [-0.3, -0.25) is 5.10 Å². The summed E-state index contributed by atoms with van der Waals surface area (Å²) in [5, 5.41) is 19.8. The van der Waals surface area contributed by atoms with Gasteiger partial charge in [-0.15, -0.1) is 5.10 Å². The average Bonchev–Trinajstić information content (AvgIpc) is 2.73. The molecule has 82 valence electrons. The van der Waals surface area contributed by atoms with Gasteiger partial charge in [-0.1, -0.05) is 0 Å². The molecule has 0 aliphatic heterocycles. The third-order valence-corrected chi connectivity index (χ3v) is 2.17. The fourth-order valence-corrected chi connectivity index (χ4v) is 1.43. The number of hydrogen-bond donors (Lipinski definition) is 1. The van der Waals surface area contributed by atoms with E-state index in [0.717, 1.165) is 5.69 Å². The molecule has 0 saturated heterocycles. The molecule has 0 saturated carbocycles. The van der Waals surface area contributed by atoms with Crippen LogP contribution in [-0.2, 0) is 7.05 Å². The fraction of sp³-hybridized carbons (Fsp3) is 0.300. The zero-order valence-electron chi connectivity index (χ0n) is 9.27. The number of nitrogens with zero attached hydrogens (tertiary/aromatic N) is 4. The quantitative estimate of drug-likeness (QED) is 0.825. The predicted molar refractivity (Wildman–Crippen MR) is 56.1 cm³/mol. The maximum atomic E-state index is 8.98. The molecule has 0 unspecified atom stereocenters. The molecule has 0 aromatic carbocycles. The second kappa shape index (κ2) is 3.70. The molecule has 2 rings (SSSR count). The van der Waals surface area contributed by atoms with Gasteiger partial charge in [-0.25, -0.2) is 4.68 Å². The molecule has 0 fully saturated rings. The first-order valence-corrected chi connectivity index (χ1v) is 4.75. The van der Waals surface area contributed by atoms with Crippen LogP contribution in [-0.4, -0.2) is 20.0 Å². The minimum Gasteiger partial charge on any atom is -0.418 e. The molecule has 2 aromatic heterocycles. The number of hydrogen-bond acceptors (Lipinski definition) is 4. The van der Waals surface area contributed by atoms with Gasteiger partial charge in [-0.2, -0.15) is 10.4 Å². The lowest BCUT2D eigenvalue weighted by Crippen LogP contribution is -1.96. The van der Waals surface area contributed by atoms with Crippen molar-refractivity contribution in [1.29, 1.82) is 5.26 Å². The summed E-state index contributed by atoms with van der Waals surface area (Å²) >= 11 is 0. The van der Waals surface area contributed by atoms with E-state index in [9.17, 15) is 0 Å². The van der Waals surface area contributed by atoms with Gasteiger partial charge in [0.1, 0.15) is 11.6 Å². The second-order valence-corrected chi connectivity index (χ2v) is 3.49. The van der Waals surface area contributed by atoms with Gasteiger partial charge >= 0.3 is 0 Å². The van der Waals surface area contributed by atoms with E-state index in [2.05, 4.69) is 21.4 Å². The smallest absolute Gasteiger partial charge is 0.240 e. The molecule has 0 aliphatic rings. The van der Waals surface area contributed by atoms with Crippen LogP contribution in [0.3, 0.4) is 0 Å². The number of aromatic nitrogens is 4. The molecule has 0 radical (unpaired) electrons. The van der Waals surface area contributed by atoms with Gasteiger partial charge in [-0.05, 0) is 13.8 Å². The zero-order valence-corrected chi connectivity index (χ0v) is 9.27. The Morgan fingerprint density at radius 1 is 1.50 bits per heavy atom. The van der Waals surface area contributed by atoms with Crippen molar-refractivity contribution in [3.05, 3.63) is 23.0 Å². The normalized spacial score (nSPS) is 10.1. The van der Waals surface area contributed by atoms with E-state index in [4.69, 9.17) is 10.00 Å². The van der Waals surface area contributed by atoms with Crippen LogP contribution in [0.25, 0.3) is 0 Å². The lowest BCUT2D eigenvalue weighted by molar-refractivity contribution is 0.413. The second-order valence-electron chi connectivity index (χ2n) is 3.49. The van der Waals surface area contributed by atoms with Gasteiger partial charge in [0.15, 0.2) is 0 Å². The van der Waals surface area contributed by atoms with Crippen molar-refractivity contribution in [3.8, 4) is 17.8 Å². The lowest BCUT2D eigenvalue weighted by Gasteiger charge is -2.01. The average molecular weight is 217 g/mol. The van der Waals surface area contributed by atoms with E-state index in [1.165, 1.54) is 4.68 Å². The number of H-pyrrole nitrogens is 1. The van der Waals surface area contributed by atoms with Crippen LogP contribution in [0.1, 0.15) is 17.0 Å². The molecule has 0 atom stereocenters. The highest BCUT2D eigenvalue weighted by atomic mass is 16.5. The minimum atomic E-state index is 0.409. The maximum Gasteiger partial charge on any atom is 0.240 e. The Hall–Kier alpha value is -2.29. The first-order chi connectivity index (χ1) is 7.61. The summed E-state index contributed by atoms with van der Waals surface area (Å²) in [5.41, 5.74) is 1.97. The van der Waals surface area contributed by atoms with Gasteiger partial charge in [0.25, 0.3) is 0 Å². The van der Waals surface area contributed by atoms with E-state index < -0.39 is 0 Å². The third kappa shape index (κ3) is 1.63. The van der Waals surface area contributed by atoms with Crippen LogP contribution in [0.2, 0.25) is 0 Å². The monoisotopic (exact) mass is 217 g/mol. The van der Waals surface area contributed by atoms with Crippen LogP contribution in [0.4, 0.5) is 0 Å². The Kier molecular flexibility index (Phi) is 2.37. The van der Waals surface area contributed by atoms with E-state index in [1.807, 2.05) is 6.92 Å². The topological polar surface area (TPSA) is 79.5 Å². The highest BCUT2D eigenvalue weighted by molar-refractivity contribution is 5.43. The van der Waals surface area contributed by atoms with Gasteiger partial charge in [0.05, 0.1) is 5.69 Å². The standard InChI is InChI=1S/C10H11N5O/c1-6-4-9(13-12-6)16-10-8(5-11)7(2)14-15(10)3/h4H,1-3H3,(H,12,13). The number of aromatic amines is 1. The SMILES string of the molecule is Cc1cc(Oc2c(C#N)c(C)nn2C)n[nH]1. The molecule has 0 spiro atoms. The number of rotatable bonds is 2. The molecular formula is C10H11N5O. The first-order valence-electron chi connectivity index (χ1n) is 4.75.